The monoisotopic (exact) mass is 575 g/mol. The molecule has 0 aliphatic rings. The molecule has 0 aliphatic carbocycles. The summed E-state index contributed by atoms with van der Waals surface area (Å²) < 4.78 is 28.5. The maximum absolute atomic E-state index is 13.9. The molecule has 3 rings (SSSR count). The molecule has 0 heterocycles. The minimum absolute atomic E-state index is 0.0355. The van der Waals surface area contributed by atoms with Crippen LogP contribution in [0.4, 0.5) is 5.69 Å². The molecule has 3 aromatic carbocycles. The lowest BCUT2D eigenvalue weighted by atomic mass is 10.1. The molecule has 1 N–H and O–H groups in total. The predicted octanol–water partition coefficient (Wildman–Crippen LogP) is 5.52. The zero-order chi connectivity index (χ0) is 27.9. The van der Waals surface area contributed by atoms with E-state index in [1.54, 1.807) is 73.7 Å². The highest BCUT2D eigenvalue weighted by molar-refractivity contribution is 7.92. The van der Waals surface area contributed by atoms with E-state index in [1.807, 2.05) is 13.8 Å². The van der Waals surface area contributed by atoms with E-state index in [9.17, 15) is 18.0 Å². The Morgan fingerprint density at radius 2 is 1.50 bits per heavy atom. The molecular formula is C28H31Cl2N3O4S. The number of hydrogen-bond donors (Lipinski definition) is 1. The van der Waals surface area contributed by atoms with Gasteiger partial charge in [0.15, 0.2) is 0 Å². The average molecular weight is 577 g/mol. The van der Waals surface area contributed by atoms with Crippen molar-refractivity contribution in [2.75, 3.05) is 10.8 Å². The van der Waals surface area contributed by atoms with E-state index >= 15 is 0 Å². The molecule has 0 aliphatic heterocycles. The number of amides is 2. The Morgan fingerprint density at radius 1 is 0.895 bits per heavy atom. The maximum Gasteiger partial charge on any atom is 0.264 e. The summed E-state index contributed by atoms with van der Waals surface area (Å²) in [4.78, 5) is 28.5. The van der Waals surface area contributed by atoms with Crippen LogP contribution in [0.15, 0.2) is 83.8 Å². The molecule has 0 saturated heterocycles. The lowest BCUT2D eigenvalue weighted by Gasteiger charge is -2.33. The van der Waals surface area contributed by atoms with Crippen LogP contribution in [0.1, 0.15) is 32.8 Å². The van der Waals surface area contributed by atoms with Crippen LogP contribution in [-0.2, 0) is 26.2 Å². The SMILES string of the molecule is CC[C@H](C(=O)NC(C)C)N(Cc1ccc(Cl)c(Cl)c1)C(=O)CN(c1ccccc1)S(=O)(=O)c1ccccc1. The molecule has 38 heavy (non-hydrogen) atoms. The van der Waals surface area contributed by atoms with Crippen molar-refractivity contribution in [2.45, 2.75) is 50.7 Å². The molecule has 0 fully saturated rings. The van der Waals surface area contributed by atoms with Crippen LogP contribution in [0.2, 0.25) is 10.0 Å². The highest BCUT2D eigenvalue weighted by atomic mass is 35.5. The number of hydrogen-bond acceptors (Lipinski definition) is 4. The molecule has 0 radical (unpaired) electrons. The van der Waals surface area contributed by atoms with E-state index in [2.05, 4.69) is 5.32 Å². The van der Waals surface area contributed by atoms with Gasteiger partial charge in [0.2, 0.25) is 11.8 Å². The number of carbonyl (C=O) groups is 2. The number of carbonyl (C=O) groups excluding carboxylic acids is 2. The van der Waals surface area contributed by atoms with Gasteiger partial charge in [0.05, 0.1) is 20.6 Å². The number of rotatable bonds is 11. The Morgan fingerprint density at radius 3 is 2.05 bits per heavy atom. The highest BCUT2D eigenvalue weighted by Crippen LogP contribution is 2.26. The summed E-state index contributed by atoms with van der Waals surface area (Å²) in [6.45, 7) is 5.00. The minimum atomic E-state index is -4.09. The van der Waals surface area contributed by atoms with E-state index in [1.165, 1.54) is 17.0 Å². The first-order valence-electron chi connectivity index (χ1n) is 12.2. The number of halogens is 2. The first-order chi connectivity index (χ1) is 18.0. The molecule has 3 aromatic rings. The second-order valence-corrected chi connectivity index (χ2v) is 11.7. The van der Waals surface area contributed by atoms with Gasteiger partial charge in [-0.15, -0.1) is 0 Å². The van der Waals surface area contributed by atoms with Gasteiger partial charge in [0, 0.05) is 12.6 Å². The summed E-state index contributed by atoms with van der Waals surface area (Å²) in [7, 11) is -4.09. The number of benzene rings is 3. The van der Waals surface area contributed by atoms with Gasteiger partial charge < -0.3 is 10.2 Å². The van der Waals surface area contributed by atoms with Gasteiger partial charge >= 0.3 is 0 Å². The Bertz CT molecular complexity index is 1350. The van der Waals surface area contributed by atoms with E-state index in [0.717, 1.165) is 4.31 Å². The van der Waals surface area contributed by atoms with E-state index < -0.39 is 28.5 Å². The van der Waals surface area contributed by atoms with Crippen molar-refractivity contribution < 1.29 is 18.0 Å². The van der Waals surface area contributed by atoms with E-state index in [4.69, 9.17) is 23.2 Å². The van der Waals surface area contributed by atoms with Crippen molar-refractivity contribution in [1.82, 2.24) is 10.2 Å². The molecule has 10 heteroatoms. The molecule has 202 valence electrons. The molecule has 1 atom stereocenters. The fourth-order valence-corrected chi connectivity index (χ4v) is 5.73. The van der Waals surface area contributed by atoms with Crippen molar-refractivity contribution in [3.05, 3.63) is 94.5 Å². The Kier molecular flexibility index (Phi) is 10.2. The van der Waals surface area contributed by atoms with Crippen LogP contribution < -0.4 is 9.62 Å². The lowest BCUT2D eigenvalue weighted by molar-refractivity contribution is -0.140. The Labute approximate surface area is 234 Å². The van der Waals surface area contributed by atoms with Crippen LogP contribution in [0.25, 0.3) is 0 Å². The van der Waals surface area contributed by atoms with Gasteiger partial charge in [-0.05, 0) is 62.2 Å². The van der Waals surface area contributed by atoms with E-state index in [0.29, 0.717) is 27.7 Å². The van der Waals surface area contributed by atoms with Crippen molar-refractivity contribution in [3.63, 3.8) is 0 Å². The fraction of sp³-hybridized carbons (Fsp3) is 0.286. The molecule has 0 unspecified atom stereocenters. The van der Waals surface area contributed by atoms with Gasteiger partial charge in [-0.25, -0.2) is 8.42 Å². The molecular weight excluding hydrogens is 545 g/mol. The normalized spacial score (nSPS) is 12.2. The van der Waals surface area contributed by atoms with Crippen molar-refractivity contribution in [2.24, 2.45) is 0 Å². The highest BCUT2D eigenvalue weighted by Gasteiger charge is 2.33. The number of sulfonamides is 1. The molecule has 2 amide bonds. The van der Waals surface area contributed by atoms with Crippen LogP contribution in [0, 0.1) is 0 Å². The van der Waals surface area contributed by atoms with Crippen LogP contribution in [0.5, 0.6) is 0 Å². The maximum atomic E-state index is 13.9. The summed E-state index contributed by atoms with van der Waals surface area (Å²) >= 11 is 12.3. The quantitative estimate of drug-likeness (QED) is 0.326. The first kappa shape index (κ1) is 29.5. The Hall–Kier alpha value is -3.07. The van der Waals surface area contributed by atoms with Gasteiger partial charge in [-0.2, -0.15) is 0 Å². The smallest absolute Gasteiger partial charge is 0.264 e. The fourth-order valence-electron chi connectivity index (χ4n) is 3.98. The standard InChI is InChI=1S/C28H31Cl2N3O4S/c1-4-26(28(35)31-20(2)3)32(18-21-15-16-24(29)25(30)17-21)27(34)19-33(22-11-7-5-8-12-22)38(36,37)23-13-9-6-10-14-23/h5-17,20,26H,4,18-19H2,1-3H3,(H,31,35)/t26-/m1/s1. The van der Waals surface area contributed by atoms with E-state index in [-0.39, 0.29) is 23.4 Å². The molecule has 0 bridgehead atoms. The third-order valence-electron chi connectivity index (χ3n) is 5.81. The molecule has 0 spiro atoms. The second-order valence-electron chi connectivity index (χ2n) is 9.02. The second kappa shape index (κ2) is 13.1. The zero-order valence-corrected chi connectivity index (χ0v) is 23.8. The number of anilines is 1. The molecule has 7 nitrogen and oxygen atoms in total. The van der Waals surface area contributed by atoms with Gasteiger partial charge in [0.1, 0.15) is 12.6 Å². The molecule has 0 aromatic heterocycles. The van der Waals surface area contributed by atoms with Gasteiger partial charge in [-0.1, -0.05) is 72.6 Å². The number of nitrogens with zero attached hydrogens (tertiary/aromatic N) is 2. The van der Waals surface area contributed by atoms with Crippen LogP contribution in [0.3, 0.4) is 0 Å². The van der Waals surface area contributed by atoms with Crippen molar-refractivity contribution in [1.29, 1.82) is 0 Å². The summed E-state index contributed by atoms with van der Waals surface area (Å²) in [5, 5.41) is 3.54. The van der Waals surface area contributed by atoms with Crippen LogP contribution in [-0.4, -0.2) is 43.8 Å². The zero-order valence-electron chi connectivity index (χ0n) is 21.5. The summed E-state index contributed by atoms with van der Waals surface area (Å²) in [5.74, 6) is -0.863. The predicted molar refractivity (Wildman–Crippen MR) is 152 cm³/mol. The first-order valence-corrected chi connectivity index (χ1v) is 14.4. The third-order valence-corrected chi connectivity index (χ3v) is 8.34. The summed E-state index contributed by atoms with van der Waals surface area (Å²) in [6.07, 6.45) is 0.322. The summed E-state index contributed by atoms with van der Waals surface area (Å²) in [5.41, 5.74) is 0.986. The minimum Gasteiger partial charge on any atom is -0.352 e. The average Bonchev–Trinajstić information content (AvgIpc) is 2.89. The molecule has 0 saturated carbocycles. The largest absolute Gasteiger partial charge is 0.352 e. The van der Waals surface area contributed by atoms with Crippen molar-refractivity contribution >= 4 is 50.7 Å². The topological polar surface area (TPSA) is 86.8 Å². The van der Waals surface area contributed by atoms with Gasteiger partial charge in [0.25, 0.3) is 10.0 Å². The van der Waals surface area contributed by atoms with Crippen LogP contribution >= 0.6 is 23.2 Å². The number of nitrogens with one attached hydrogen (secondary N) is 1. The number of para-hydroxylation sites is 1. The van der Waals surface area contributed by atoms with Crippen molar-refractivity contribution in [3.8, 4) is 0 Å². The Balaban J connectivity index is 2.04. The van der Waals surface area contributed by atoms with Gasteiger partial charge in [-0.3, -0.25) is 13.9 Å². The summed E-state index contributed by atoms with van der Waals surface area (Å²) in [6, 6.07) is 20.3. The lowest BCUT2D eigenvalue weighted by Crippen LogP contribution is -2.53. The third kappa shape index (κ3) is 7.28.